The summed E-state index contributed by atoms with van der Waals surface area (Å²) >= 11 is 5.83. The number of halogens is 1. The van der Waals surface area contributed by atoms with E-state index in [1.165, 1.54) is 22.2 Å². The summed E-state index contributed by atoms with van der Waals surface area (Å²) in [6.07, 6.45) is 0. The average molecular weight is 180 g/mol. The number of nitrogens with one attached hydrogen (secondary N) is 1. The summed E-state index contributed by atoms with van der Waals surface area (Å²) in [6, 6.07) is 8.22. The molecule has 1 heterocycles. The van der Waals surface area contributed by atoms with Crippen LogP contribution in [0.4, 0.5) is 0 Å². The number of H-pyrrole nitrogens is 1. The van der Waals surface area contributed by atoms with Crippen LogP contribution in [0.3, 0.4) is 0 Å². The fourth-order valence-corrected chi connectivity index (χ4v) is 1.85. The van der Waals surface area contributed by atoms with Crippen LogP contribution in [0.1, 0.15) is 11.3 Å². The second-order valence-electron chi connectivity index (χ2n) is 2.91. The van der Waals surface area contributed by atoms with E-state index in [0.717, 1.165) is 0 Å². The van der Waals surface area contributed by atoms with E-state index in [1.807, 2.05) is 12.1 Å². The van der Waals surface area contributed by atoms with Crippen molar-refractivity contribution in [2.24, 2.45) is 0 Å². The van der Waals surface area contributed by atoms with Gasteiger partial charge in [0.15, 0.2) is 0 Å². The number of benzene rings is 1. The Hall–Kier alpha value is -0.950. The van der Waals surface area contributed by atoms with Crippen molar-refractivity contribution < 1.29 is 0 Å². The first-order valence-corrected chi connectivity index (χ1v) is 4.48. The van der Waals surface area contributed by atoms with Crippen LogP contribution < -0.4 is 0 Å². The molecule has 2 rings (SSSR count). The zero-order chi connectivity index (χ0) is 8.55. The van der Waals surface area contributed by atoms with Gasteiger partial charge in [0.25, 0.3) is 0 Å². The predicted octanol–water partition coefficient (Wildman–Crippen LogP) is 3.22. The number of aromatic nitrogens is 1. The van der Waals surface area contributed by atoms with Crippen molar-refractivity contribution >= 4 is 22.5 Å². The van der Waals surface area contributed by atoms with Crippen molar-refractivity contribution in [3.8, 4) is 0 Å². The fraction of sp³-hybridized carbons (Fsp3) is 0.200. The van der Waals surface area contributed by atoms with E-state index in [4.69, 9.17) is 11.6 Å². The number of aromatic amines is 1. The van der Waals surface area contributed by atoms with Crippen molar-refractivity contribution in [3.05, 3.63) is 35.5 Å². The number of hydrogen-bond acceptors (Lipinski definition) is 0. The molecule has 2 aromatic rings. The van der Waals surface area contributed by atoms with E-state index in [1.54, 1.807) is 0 Å². The summed E-state index contributed by atoms with van der Waals surface area (Å²) in [5.74, 6) is 0.579. The van der Waals surface area contributed by atoms with Crippen molar-refractivity contribution in [2.75, 3.05) is 0 Å². The second kappa shape index (κ2) is 2.83. The van der Waals surface area contributed by atoms with Crippen LogP contribution in [0.15, 0.2) is 24.3 Å². The molecule has 62 valence electrons. The lowest BCUT2D eigenvalue weighted by molar-refractivity contribution is 1.24. The van der Waals surface area contributed by atoms with E-state index in [2.05, 4.69) is 24.0 Å². The Morgan fingerprint density at radius 3 is 2.83 bits per heavy atom. The van der Waals surface area contributed by atoms with Gasteiger partial charge in [-0.3, -0.25) is 0 Å². The summed E-state index contributed by atoms with van der Waals surface area (Å²) in [7, 11) is 0. The molecular weight excluding hydrogens is 170 g/mol. The van der Waals surface area contributed by atoms with Crippen molar-refractivity contribution in [3.63, 3.8) is 0 Å². The lowest BCUT2D eigenvalue weighted by Crippen LogP contribution is -1.77. The number of aryl methyl sites for hydroxylation is 1. The van der Waals surface area contributed by atoms with Gasteiger partial charge in [-0.15, -0.1) is 11.6 Å². The third-order valence-electron chi connectivity index (χ3n) is 2.16. The highest BCUT2D eigenvalue weighted by Gasteiger charge is 2.04. The Labute approximate surface area is 76.4 Å². The molecule has 0 aliphatic carbocycles. The zero-order valence-electron chi connectivity index (χ0n) is 6.89. The van der Waals surface area contributed by atoms with Gasteiger partial charge in [0.1, 0.15) is 0 Å². The van der Waals surface area contributed by atoms with Crippen molar-refractivity contribution in [1.29, 1.82) is 0 Å². The molecule has 0 aliphatic rings. The molecule has 0 amide bonds. The van der Waals surface area contributed by atoms with Crippen LogP contribution >= 0.6 is 11.6 Å². The maximum absolute atomic E-state index is 5.83. The van der Waals surface area contributed by atoms with Gasteiger partial charge in [0.05, 0.1) is 0 Å². The third kappa shape index (κ3) is 1.01. The minimum atomic E-state index is 0.579. The molecule has 0 fully saturated rings. The van der Waals surface area contributed by atoms with Crippen LogP contribution in [0.25, 0.3) is 10.9 Å². The first-order valence-electron chi connectivity index (χ1n) is 3.95. The smallest absolute Gasteiger partial charge is 0.0497 e. The van der Waals surface area contributed by atoms with Crippen molar-refractivity contribution in [1.82, 2.24) is 4.98 Å². The highest BCUT2D eigenvalue weighted by atomic mass is 35.5. The molecule has 12 heavy (non-hydrogen) atoms. The molecule has 0 spiro atoms. The number of alkyl halides is 1. The largest absolute Gasteiger partial charge is 0.358 e. The highest BCUT2D eigenvalue weighted by molar-refractivity contribution is 6.18. The number of fused-ring (bicyclic) bond motifs is 1. The van der Waals surface area contributed by atoms with E-state index in [9.17, 15) is 0 Å². The van der Waals surface area contributed by atoms with Gasteiger partial charge in [0.2, 0.25) is 0 Å². The lowest BCUT2D eigenvalue weighted by Gasteiger charge is -1.92. The van der Waals surface area contributed by atoms with E-state index in [0.29, 0.717) is 5.88 Å². The highest BCUT2D eigenvalue weighted by Crippen LogP contribution is 2.22. The van der Waals surface area contributed by atoms with Gasteiger partial charge < -0.3 is 4.98 Å². The molecule has 1 aromatic carbocycles. The maximum Gasteiger partial charge on any atom is 0.0497 e. The molecule has 0 saturated carbocycles. The molecule has 1 aromatic heterocycles. The summed E-state index contributed by atoms with van der Waals surface area (Å²) < 4.78 is 0. The van der Waals surface area contributed by atoms with Gasteiger partial charge in [-0.1, -0.05) is 18.2 Å². The molecule has 0 unspecified atom stereocenters. The monoisotopic (exact) mass is 179 g/mol. The molecule has 0 radical (unpaired) electrons. The van der Waals surface area contributed by atoms with E-state index < -0.39 is 0 Å². The molecule has 1 nitrogen and oxygen atoms in total. The molecule has 0 atom stereocenters. The minimum Gasteiger partial charge on any atom is -0.358 e. The standard InChI is InChI=1S/C10H10ClN/c1-7-9(6-11)8-4-2-3-5-10(8)12-7/h2-5,12H,6H2,1H3. The summed E-state index contributed by atoms with van der Waals surface area (Å²) in [5.41, 5.74) is 3.56. The van der Waals surface area contributed by atoms with Gasteiger partial charge in [-0.05, 0) is 18.6 Å². The second-order valence-corrected chi connectivity index (χ2v) is 3.18. The SMILES string of the molecule is Cc1[nH]c2ccccc2c1CCl. The number of hydrogen-bond donors (Lipinski definition) is 1. The Bertz CT molecular complexity index is 403. The normalized spacial score (nSPS) is 10.8. The van der Waals surface area contributed by atoms with Gasteiger partial charge in [-0.25, -0.2) is 0 Å². The molecule has 0 aliphatic heterocycles. The molecule has 1 N–H and O–H groups in total. The Kier molecular flexibility index (Phi) is 1.81. The Morgan fingerprint density at radius 2 is 2.08 bits per heavy atom. The van der Waals surface area contributed by atoms with Crippen LogP contribution in [0.5, 0.6) is 0 Å². The predicted molar refractivity (Wildman–Crippen MR) is 52.6 cm³/mol. The maximum atomic E-state index is 5.83. The minimum absolute atomic E-state index is 0.579. The average Bonchev–Trinajstić information content (AvgIpc) is 2.40. The summed E-state index contributed by atoms with van der Waals surface area (Å²) in [6.45, 7) is 2.05. The van der Waals surface area contributed by atoms with E-state index in [-0.39, 0.29) is 0 Å². The number of para-hydroxylation sites is 1. The third-order valence-corrected chi connectivity index (χ3v) is 2.43. The van der Waals surface area contributed by atoms with Crippen LogP contribution in [0, 0.1) is 6.92 Å². The summed E-state index contributed by atoms with van der Waals surface area (Å²) in [5, 5.41) is 1.24. The van der Waals surface area contributed by atoms with Crippen LogP contribution in [0.2, 0.25) is 0 Å². The quantitative estimate of drug-likeness (QED) is 0.647. The topological polar surface area (TPSA) is 15.8 Å². The lowest BCUT2D eigenvalue weighted by atomic mass is 10.1. The Morgan fingerprint density at radius 1 is 1.33 bits per heavy atom. The van der Waals surface area contributed by atoms with Crippen LogP contribution in [-0.4, -0.2) is 4.98 Å². The van der Waals surface area contributed by atoms with Crippen LogP contribution in [-0.2, 0) is 5.88 Å². The summed E-state index contributed by atoms with van der Waals surface area (Å²) in [4.78, 5) is 3.29. The molecule has 0 bridgehead atoms. The van der Waals surface area contributed by atoms with E-state index >= 15 is 0 Å². The first kappa shape index (κ1) is 7.69. The van der Waals surface area contributed by atoms with Crippen molar-refractivity contribution in [2.45, 2.75) is 12.8 Å². The number of rotatable bonds is 1. The van der Waals surface area contributed by atoms with Gasteiger partial charge >= 0.3 is 0 Å². The fourth-order valence-electron chi connectivity index (χ4n) is 1.51. The van der Waals surface area contributed by atoms with Gasteiger partial charge in [-0.2, -0.15) is 0 Å². The first-order chi connectivity index (χ1) is 5.83. The van der Waals surface area contributed by atoms with Gasteiger partial charge in [0, 0.05) is 22.5 Å². The Balaban J connectivity index is 2.81. The molecule has 2 heteroatoms. The molecule has 0 saturated heterocycles. The zero-order valence-corrected chi connectivity index (χ0v) is 7.65. The molecular formula is C10H10ClN.